The number of rotatable bonds is 1. The van der Waals surface area contributed by atoms with Gasteiger partial charge < -0.3 is 14.8 Å². The Morgan fingerprint density at radius 1 is 1.37 bits per heavy atom. The molecule has 1 N–H and O–H groups in total. The van der Waals surface area contributed by atoms with Crippen molar-refractivity contribution in [2.45, 2.75) is 39.7 Å². The average molecular weight is 262 g/mol. The highest BCUT2D eigenvalue weighted by atomic mass is 16.2. The van der Waals surface area contributed by atoms with Crippen molar-refractivity contribution in [3.05, 3.63) is 11.9 Å². The zero-order valence-electron chi connectivity index (χ0n) is 11.8. The maximum Gasteiger partial charge on any atom is 0.274 e. The molecule has 1 amide bonds. The number of aromatic nitrogens is 2. The molecule has 2 aliphatic heterocycles. The molecular weight excluding hydrogens is 240 g/mol. The first-order valence-electron chi connectivity index (χ1n) is 7.15. The second kappa shape index (κ2) is 4.54. The Bertz CT molecular complexity index is 468. The molecule has 3 heterocycles. The third-order valence-corrected chi connectivity index (χ3v) is 4.04. The van der Waals surface area contributed by atoms with Crippen LogP contribution in [0.2, 0.25) is 0 Å². The number of piperidine rings is 1. The van der Waals surface area contributed by atoms with Gasteiger partial charge in [-0.2, -0.15) is 0 Å². The summed E-state index contributed by atoms with van der Waals surface area (Å²) in [5.41, 5.74) is 0.813. The van der Waals surface area contributed by atoms with E-state index in [2.05, 4.69) is 24.1 Å². The largest absolute Gasteiger partial charge is 0.356 e. The fourth-order valence-corrected chi connectivity index (χ4v) is 3.04. The second-order valence-electron chi connectivity index (χ2n) is 6.42. The number of aryl methyl sites for hydroxylation is 1. The molecule has 0 radical (unpaired) electrons. The first-order chi connectivity index (χ1) is 9.05. The highest BCUT2D eigenvalue weighted by Gasteiger charge is 2.31. The molecule has 1 aromatic heterocycles. The van der Waals surface area contributed by atoms with E-state index in [1.165, 1.54) is 6.42 Å². The number of nitrogens with zero attached hydrogens (tertiary/aromatic N) is 3. The molecule has 104 valence electrons. The van der Waals surface area contributed by atoms with E-state index in [0.717, 1.165) is 45.0 Å². The first-order valence-corrected chi connectivity index (χ1v) is 7.15. The zero-order valence-corrected chi connectivity index (χ0v) is 11.8. The number of anilines is 1. The monoisotopic (exact) mass is 262 g/mol. The van der Waals surface area contributed by atoms with E-state index in [9.17, 15) is 4.79 Å². The number of amides is 1. The molecule has 0 spiro atoms. The van der Waals surface area contributed by atoms with E-state index in [1.807, 2.05) is 15.7 Å². The third kappa shape index (κ3) is 2.46. The van der Waals surface area contributed by atoms with E-state index in [1.54, 1.807) is 0 Å². The first kappa shape index (κ1) is 12.5. The summed E-state index contributed by atoms with van der Waals surface area (Å²) in [7, 11) is 0. The van der Waals surface area contributed by atoms with Crippen molar-refractivity contribution >= 4 is 11.9 Å². The second-order valence-corrected chi connectivity index (χ2v) is 6.42. The van der Waals surface area contributed by atoms with Gasteiger partial charge in [-0.3, -0.25) is 4.79 Å². The van der Waals surface area contributed by atoms with Crippen LogP contribution in [0.5, 0.6) is 0 Å². The van der Waals surface area contributed by atoms with Crippen LogP contribution >= 0.6 is 0 Å². The molecule has 0 atom stereocenters. The number of hydrogen-bond acceptors (Lipinski definition) is 3. The van der Waals surface area contributed by atoms with Gasteiger partial charge in [-0.05, 0) is 24.7 Å². The van der Waals surface area contributed by atoms with Crippen LogP contribution in [0.25, 0.3) is 0 Å². The molecule has 5 nitrogen and oxygen atoms in total. The van der Waals surface area contributed by atoms with Gasteiger partial charge in [-0.15, -0.1) is 0 Å². The topological polar surface area (TPSA) is 50.2 Å². The van der Waals surface area contributed by atoms with Crippen LogP contribution in [0.3, 0.4) is 0 Å². The quantitative estimate of drug-likeness (QED) is 0.841. The van der Waals surface area contributed by atoms with Gasteiger partial charge in [0, 0.05) is 32.4 Å². The zero-order chi connectivity index (χ0) is 13.5. The van der Waals surface area contributed by atoms with Gasteiger partial charge in [0.15, 0.2) is 0 Å². The Morgan fingerprint density at radius 3 is 2.95 bits per heavy atom. The number of imidazole rings is 1. The molecule has 3 rings (SSSR count). The maximum atomic E-state index is 12.5. The Balaban J connectivity index is 1.78. The lowest BCUT2D eigenvalue weighted by Crippen LogP contribution is -2.43. The molecule has 19 heavy (non-hydrogen) atoms. The molecule has 2 aliphatic rings. The number of hydrogen-bond donors (Lipinski definition) is 1. The number of nitrogens with one attached hydrogen (secondary N) is 1. The summed E-state index contributed by atoms with van der Waals surface area (Å²) in [6.07, 6.45) is 5.27. The minimum absolute atomic E-state index is 0.0801. The Labute approximate surface area is 114 Å². The number of carbonyl (C=O) groups is 1. The van der Waals surface area contributed by atoms with Crippen molar-refractivity contribution in [2.24, 2.45) is 5.41 Å². The van der Waals surface area contributed by atoms with Crippen LogP contribution in [-0.2, 0) is 6.54 Å². The SMILES string of the molecule is CC1(C)CCCN(C(=O)c2cn3c(n2)NCCC3)C1. The van der Waals surface area contributed by atoms with E-state index >= 15 is 0 Å². The lowest BCUT2D eigenvalue weighted by atomic mass is 9.84. The fourth-order valence-electron chi connectivity index (χ4n) is 3.04. The molecule has 0 aliphatic carbocycles. The molecule has 0 saturated carbocycles. The van der Waals surface area contributed by atoms with Crippen molar-refractivity contribution in [1.29, 1.82) is 0 Å². The summed E-state index contributed by atoms with van der Waals surface area (Å²) in [6.45, 7) is 8.05. The molecule has 5 heteroatoms. The Hall–Kier alpha value is -1.52. The summed E-state index contributed by atoms with van der Waals surface area (Å²) < 4.78 is 2.05. The van der Waals surface area contributed by atoms with Crippen molar-refractivity contribution < 1.29 is 4.79 Å². The molecular formula is C14H22N4O. The summed E-state index contributed by atoms with van der Waals surface area (Å²) in [4.78, 5) is 18.9. The summed E-state index contributed by atoms with van der Waals surface area (Å²) in [5.74, 6) is 0.919. The van der Waals surface area contributed by atoms with Gasteiger partial charge in [0.2, 0.25) is 5.95 Å². The van der Waals surface area contributed by atoms with Crippen molar-refractivity contribution in [2.75, 3.05) is 25.0 Å². The highest BCUT2D eigenvalue weighted by Crippen LogP contribution is 2.29. The highest BCUT2D eigenvalue weighted by molar-refractivity contribution is 5.92. The number of likely N-dealkylation sites (tertiary alicyclic amines) is 1. The molecule has 1 aromatic rings. The van der Waals surface area contributed by atoms with Crippen molar-refractivity contribution in [3.63, 3.8) is 0 Å². The van der Waals surface area contributed by atoms with E-state index in [-0.39, 0.29) is 11.3 Å². The van der Waals surface area contributed by atoms with E-state index < -0.39 is 0 Å². The predicted molar refractivity (Wildman–Crippen MR) is 74.3 cm³/mol. The summed E-state index contributed by atoms with van der Waals surface area (Å²) >= 11 is 0. The van der Waals surface area contributed by atoms with Crippen LogP contribution in [0.1, 0.15) is 43.6 Å². The fraction of sp³-hybridized carbons (Fsp3) is 0.714. The molecule has 1 saturated heterocycles. The van der Waals surface area contributed by atoms with Crippen LogP contribution in [0, 0.1) is 5.41 Å². The summed E-state index contributed by atoms with van der Waals surface area (Å²) in [5, 5.41) is 3.24. The molecule has 1 fully saturated rings. The summed E-state index contributed by atoms with van der Waals surface area (Å²) in [6, 6.07) is 0. The lowest BCUT2D eigenvalue weighted by Gasteiger charge is -2.37. The van der Waals surface area contributed by atoms with Crippen molar-refractivity contribution in [3.8, 4) is 0 Å². The number of carbonyl (C=O) groups excluding carboxylic acids is 1. The predicted octanol–water partition coefficient (Wildman–Crippen LogP) is 1.96. The smallest absolute Gasteiger partial charge is 0.274 e. The minimum atomic E-state index is 0.0801. The van der Waals surface area contributed by atoms with Gasteiger partial charge in [-0.1, -0.05) is 13.8 Å². The van der Waals surface area contributed by atoms with Gasteiger partial charge in [0.05, 0.1) is 0 Å². The Kier molecular flexibility index (Phi) is 2.99. The maximum absolute atomic E-state index is 12.5. The normalized spacial score (nSPS) is 21.7. The van der Waals surface area contributed by atoms with Gasteiger partial charge in [-0.25, -0.2) is 4.98 Å². The van der Waals surface area contributed by atoms with Crippen LogP contribution in [0.4, 0.5) is 5.95 Å². The van der Waals surface area contributed by atoms with Crippen molar-refractivity contribution in [1.82, 2.24) is 14.5 Å². The standard InChI is InChI=1S/C14H22N4O/c1-14(2)5-3-7-18(10-14)12(19)11-9-17-8-4-6-15-13(17)16-11/h9H,3-8,10H2,1-2H3,(H,15,16). The molecule has 0 unspecified atom stereocenters. The molecule has 0 aromatic carbocycles. The van der Waals surface area contributed by atoms with Crippen LogP contribution in [0.15, 0.2) is 6.20 Å². The van der Waals surface area contributed by atoms with Gasteiger partial charge in [0.1, 0.15) is 5.69 Å². The van der Waals surface area contributed by atoms with Crippen LogP contribution in [-0.4, -0.2) is 40.0 Å². The van der Waals surface area contributed by atoms with Gasteiger partial charge >= 0.3 is 0 Å². The minimum Gasteiger partial charge on any atom is -0.356 e. The molecule has 0 bridgehead atoms. The van der Waals surface area contributed by atoms with E-state index in [4.69, 9.17) is 0 Å². The average Bonchev–Trinajstić information content (AvgIpc) is 2.80. The Morgan fingerprint density at radius 2 is 2.21 bits per heavy atom. The van der Waals surface area contributed by atoms with Crippen LogP contribution < -0.4 is 5.32 Å². The van der Waals surface area contributed by atoms with Gasteiger partial charge in [0.25, 0.3) is 5.91 Å². The van der Waals surface area contributed by atoms with E-state index in [0.29, 0.717) is 5.69 Å². The lowest BCUT2D eigenvalue weighted by molar-refractivity contribution is 0.0578. The number of fused-ring (bicyclic) bond motifs is 1. The third-order valence-electron chi connectivity index (χ3n) is 4.04.